The Labute approximate surface area is 506 Å². The summed E-state index contributed by atoms with van der Waals surface area (Å²) in [5.74, 6) is 0. The first kappa shape index (κ1) is 51.7. The van der Waals surface area contributed by atoms with E-state index < -0.39 is 0 Å². The number of rotatable bonds is 13. The molecule has 0 unspecified atom stereocenters. The maximum Gasteiger partial charge on any atom is 0.0465 e. The molecular weight excluding hydrogens is 1040 g/mol. The van der Waals surface area contributed by atoms with Crippen LogP contribution in [0, 0.1) is 0 Å². The molecule has 0 bridgehead atoms. The van der Waals surface area contributed by atoms with E-state index in [0.717, 1.165) is 63.3 Å². The molecular formula is C82H68N4. The fourth-order valence-corrected chi connectivity index (χ4v) is 15.7. The summed E-state index contributed by atoms with van der Waals surface area (Å²) in [6.45, 7) is 0. The van der Waals surface area contributed by atoms with Crippen LogP contribution in [0.5, 0.6) is 0 Å². The van der Waals surface area contributed by atoms with Crippen molar-refractivity contribution in [1.82, 2.24) is 0 Å². The topological polar surface area (TPSA) is 13.0 Å². The molecule has 4 nitrogen and oxygen atoms in total. The highest BCUT2D eigenvalue weighted by atomic mass is 15.2. The second-order valence-corrected chi connectivity index (χ2v) is 24.2. The zero-order chi connectivity index (χ0) is 57.0. The van der Waals surface area contributed by atoms with Crippen LogP contribution in [0.2, 0.25) is 0 Å². The van der Waals surface area contributed by atoms with E-state index in [9.17, 15) is 0 Å². The van der Waals surface area contributed by atoms with Gasteiger partial charge in [0.15, 0.2) is 0 Å². The molecule has 11 aromatic carbocycles. The number of para-hydroxylation sites is 4. The molecule has 5 aliphatic carbocycles. The van der Waals surface area contributed by atoms with Crippen molar-refractivity contribution in [2.75, 3.05) is 19.6 Å². The first-order valence-electron chi connectivity index (χ1n) is 31.2. The van der Waals surface area contributed by atoms with E-state index in [1.807, 2.05) is 0 Å². The Morgan fingerprint density at radius 3 is 1.00 bits per heavy atom. The van der Waals surface area contributed by atoms with Crippen LogP contribution in [0.3, 0.4) is 0 Å². The van der Waals surface area contributed by atoms with Gasteiger partial charge in [-0.1, -0.05) is 177 Å². The largest absolute Gasteiger partial charge is 0.311 e. The van der Waals surface area contributed by atoms with Crippen molar-refractivity contribution in [2.24, 2.45) is 0 Å². The van der Waals surface area contributed by atoms with E-state index >= 15 is 0 Å². The van der Waals surface area contributed by atoms with E-state index in [1.54, 1.807) is 5.57 Å². The molecule has 5 aliphatic rings. The number of allylic oxidation sites excluding steroid dienone is 4. The van der Waals surface area contributed by atoms with Gasteiger partial charge in [0.2, 0.25) is 0 Å². The third-order valence-electron chi connectivity index (χ3n) is 19.6. The molecule has 0 N–H and O–H groups in total. The van der Waals surface area contributed by atoms with Crippen molar-refractivity contribution in [3.63, 3.8) is 0 Å². The molecule has 0 radical (unpaired) electrons. The lowest BCUT2D eigenvalue weighted by atomic mass is 9.73. The van der Waals surface area contributed by atoms with Crippen LogP contribution in [0.1, 0.15) is 86.5 Å². The number of anilines is 12. The van der Waals surface area contributed by atoms with Gasteiger partial charge in [0.1, 0.15) is 0 Å². The fourth-order valence-electron chi connectivity index (χ4n) is 15.7. The van der Waals surface area contributed by atoms with Crippen LogP contribution >= 0.6 is 0 Å². The molecule has 0 aromatic heterocycles. The minimum Gasteiger partial charge on any atom is -0.311 e. The zero-order valence-corrected chi connectivity index (χ0v) is 48.6. The molecule has 0 saturated heterocycles. The summed E-state index contributed by atoms with van der Waals surface area (Å²) in [5.41, 5.74) is 28.0. The molecule has 0 aliphatic heterocycles. The monoisotopic (exact) mass is 1110 g/mol. The summed E-state index contributed by atoms with van der Waals surface area (Å²) in [7, 11) is 0. The molecule has 0 heterocycles. The Balaban J connectivity index is 0.766. The Morgan fingerprint density at radius 1 is 0.256 bits per heavy atom. The van der Waals surface area contributed by atoms with Gasteiger partial charge in [-0.05, 0) is 234 Å². The third kappa shape index (κ3) is 8.80. The van der Waals surface area contributed by atoms with E-state index in [0.29, 0.717) is 0 Å². The first-order chi connectivity index (χ1) is 42.6. The molecule has 416 valence electrons. The maximum atomic E-state index is 2.56. The van der Waals surface area contributed by atoms with Crippen molar-refractivity contribution in [3.05, 3.63) is 319 Å². The van der Waals surface area contributed by atoms with Crippen molar-refractivity contribution in [1.29, 1.82) is 0 Å². The molecule has 4 heteroatoms. The van der Waals surface area contributed by atoms with Crippen LogP contribution in [0.15, 0.2) is 297 Å². The predicted octanol–water partition coefficient (Wildman–Crippen LogP) is 23.0. The average molecular weight is 1110 g/mol. The lowest BCUT2D eigenvalue weighted by Crippen LogP contribution is -2.23. The molecule has 86 heavy (non-hydrogen) atoms. The van der Waals surface area contributed by atoms with Gasteiger partial charge in [-0.3, -0.25) is 0 Å². The highest BCUT2D eigenvalue weighted by Gasteiger charge is 2.47. The van der Waals surface area contributed by atoms with Gasteiger partial charge in [-0.15, -0.1) is 0 Å². The first-order valence-corrected chi connectivity index (χ1v) is 31.2. The molecule has 2 fully saturated rings. The molecule has 11 aromatic rings. The van der Waals surface area contributed by atoms with Crippen LogP contribution < -0.4 is 19.6 Å². The molecule has 2 saturated carbocycles. The molecule has 0 amide bonds. The third-order valence-corrected chi connectivity index (χ3v) is 19.6. The van der Waals surface area contributed by atoms with Gasteiger partial charge in [-0.25, -0.2) is 0 Å². The van der Waals surface area contributed by atoms with Crippen molar-refractivity contribution in [3.8, 4) is 22.3 Å². The Hall–Kier alpha value is -9.90. The minimum atomic E-state index is 0.0528. The Morgan fingerprint density at radius 2 is 0.570 bits per heavy atom. The average Bonchev–Trinajstić information content (AvgIpc) is 1.67. The number of benzene rings is 11. The molecule has 16 rings (SSSR count). The lowest BCUT2D eigenvalue weighted by Gasteiger charge is -2.32. The number of hydrogen-bond donors (Lipinski definition) is 0. The summed E-state index contributed by atoms with van der Waals surface area (Å²) in [6, 6.07) is 103. The maximum absolute atomic E-state index is 2.56. The normalized spacial score (nSPS) is 15.5. The number of nitrogens with zero attached hydrogens (tertiary/aromatic N) is 4. The molecule has 2 spiro atoms. The van der Waals surface area contributed by atoms with E-state index in [2.05, 4.69) is 311 Å². The van der Waals surface area contributed by atoms with Crippen molar-refractivity contribution in [2.45, 2.75) is 75.0 Å². The summed E-state index contributed by atoms with van der Waals surface area (Å²) in [4.78, 5) is 9.63. The Bertz CT molecular complexity index is 4230. The van der Waals surface area contributed by atoms with Crippen molar-refractivity contribution < 1.29 is 0 Å². The van der Waals surface area contributed by atoms with Crippen LogP contribution in [-0.2, 0) is 10.8 Å². The van der Waals surface area contributed by atoms with E-state index in [4.69, 9.17) is 0 Å². The van der Waals surface area contributed by atoms with Gasteiger partial charge in [0, 0.05) is 79.1 Å². The van der Waals surface area contributed by atoms with Gasteiger partial charge >= 0.3 is 0 Å². The second kappa shape index (κ2) is 21.6. The summed E-state index contributed by atoms with van der Waals surface area (Å²) in [6.07, 6.45) is 17.1. The van der Waals surface area contributed by atoms with Gasteiger partial charge in [-0.2, -0.15) is 0 Å². The minimum absolute atomic E-state index is 0.0528. The van der Waals surface area contributed by atoms with Crippen LogP contribution in [0.25, 0.3) is 27.8 Å². The van der Waals surface area contributed by atoms with Crippen LogP contribution in [-0.4, -0.2) is 0 Å². The summed E-state index contributed by atoms with van der Waals surface area (Å²) >= 11 is 0. The quantitative estimate of drug-likeness (QED) is 0.114. The highest BCUT2D eigenvalue weighted by Crippen LogP contribution is 2.60. The SMILES string of the molecule is C1=CC2=C(CC1)C1(CCCC1)c1cc(N(c3ccc(-c4ccc(N(c5ccc(N(c6ccccc6)c6ccccc6)cc5)c5ccc6c(c5)C5(CCCC5)c5ccccc5-6)cc4)cc3)c3ccc(N(c4ccccc4)c4ccccc4)cc3)ccc12. The van der Waals surface area contributed by atoms with Crippen molar-refractivity contribution >= 4 is 73.8 Å². The second-order valence-electron chi connectivity index (χ2n) is 24.2. The number of fused-ring (bicyclic) bond motifs is 9. The van der Waals surface area contributed by atoms with Crippen LogP contribution in [0.4, 0.5) is 68.2 Å². The van der Waals surface area contributed by atoms with Gasteiger partial charge in [0.05, 0.1) is 0 Å². The zero-order valence-electron chi connectivity index (χ0n) is 48.6. The smallest absolute Gasteiger partial charge is 0.0465 e. The molecule has 0 atom stereocenters. The Kier molecular flexibility index (Phi) is 13.0. The fraction of sp³-hybridized carbons (Fsp3) is 0.146. The van der Waals surface area contributed by atoms with E-state index in [-0.39, 0.29) is 10.8 Å². The van der Waals surface area contributed by atoms with Gasteiger partial charge in [0.25, 0.3) is 0 Å². The predicted molar refractivity (Wildman–Crippen MR) is 361 cm³/mol. The lowest BCUT2D eigenvalue weighted by molar-refractivity contribution is 0.514. The standard InChI is InChI=1S/C82H68N4/c1-5-21-61(22-6-1)83(62-23-7-2-8-24-62)67-41-45-69(46-42-67)85(71-49-51-75-73-29-13-15-31-77(73)81(79(75)57-71)53-17-18-54-81)65-37-33-59(34-38-65)60-35-39-66(40-36-60)86(72-50-52-76-74-30-14-16-32-78(74)82(80(76)58-72)55-19-20-56-82)70-47-43-68(44-48-70)84(63-25-9-3-10-26-63)64-27-11-4-12-28-64/h1-15,21-31,33-52,57-58H,16-20,32,53-56H2. The van der Waals surface area contributed by atoms with Gasteiger partial charge < -0.3 is 19.6 Å². The number of hydrogen-bond acceptors (Lipinski definition) is 4. The summed E-state index contributed by atoms with van der Waals surface area (Å²) < 4.78 is 0. The summed E-state index contributed by atoms with van der Waals surface area (Å²) in [5, 5.41) is 0. The highest BCUT2D eigenvalue weighted by molar-refractivity contribution is 5.91. The van der Waals surface area contributed by atoms with E-state index in [1.165, 1.54) is 119 Å².